The number of nitrogens with zero attached hydrogens (tertiary/aromatic N) is 2. The summed E-state index contributed by atoms with van der Waals surface area (Å²) in [6, 6.07) is 18.9. The molecule has 2 aromatic carbocycles. The Balaban J connectivity index is 1.49. The zero-order valence-corrected chi connectivity index (χ0v) is 12.4. The fraction of sp³-hybridized carbons (Fsp3) is 0.333. The molecule has 2 aromatic rings. The molecule has 1 saturated heterocycles. The predicted molar refractivity (Wildman–Crippen MR) is 89.7 cm³/mol. The Morgan fingerprint density at radius 2 is 1.62 bits per heavy atom. The Hall–Kier alpha value is -2.00. The summed E-state index contributed by atoms with van der Waals surface area (Å²) in [6.45, 7) is 5.56. The number of nitrogen functional groups attached to an aromatic ring is 1. The van der Waals surface area contributed by atoms with Crippen LogP contribution in [0.25, 0.3) is 0 Å². The topological polar surface area (TPSA) is 32.5 Å². The van der Waals surface area contributed by atoms with Gasteiger partial charge in [-0.05, 0) is 30.2 Å². The lowest BCUT2D eigenvalue weighted by atomic mass is 10.1. The first kappa shape index (κ1) is 14.0. The maximum Gasteiger partial charge on any atom is 0.0387 e. The van der Waals surface area contributed by atoms with E-state index in [9.17, 15) is 0 Å². The molecular formula is C18H23N3. The predicted octanol–water partition coefficient (Wildman–Crippen LogP) is 2.63. The van der Waals surface area contributed by atoms with Crippen LogP contribution in [0.4, 0.5) is 11.4 Å². The molecular weight excluding hydrogens is 258 g/mol. The molecule has 0 atom stereocenters. The van der Waals surface area contributed by atoms with Crippen molar-refractivity contribution in [3.8, 4) is 0 Å². The summed E-state index contributed by atoms with van der Waals surface area (Å²) >= 11 is 0. The van der Waals surface area contributed by atoms with E-state index in [-0.39, 0.29) is 0 Å². The van der Waals surface area contributed by atoms with Crippen LogP contribution in [0.5, 0.6) is 0 Å². The molecule has 0 aromatic heterocycles. The molecule has 0 unspecified atom stereocenters. The third kappa shape index (κ3) is 3.76. The number of hydrogen-bond donors (Lipinski definition) is 1. The fourth-order valence-electron chi connectivity index (χ4n) is 2.88. The maximum atomic E-state index is 5.87. The average molecular weight is 281 g/mol. The quantitative estimate of drug-likeness (QED) is 0.875. The highest BCUT2D eigenvalue weighted by atomic mass is 15.3. The Labute approximate surface area is 127 Å². The summed E-state index contributed by atoms with van der Waals surface area (Å²) in [5.74, 6) is 0. The lowest BCUT2D eigenvalue weighted by molar-refractivity contribution is 0.261. The van der Waals surface area contributed by atoms with E-state index in [1.807, 2.05) is 12.1 Å². The molecule has 0 spiro atoms. The van der Waals surface area contributed by atoms with Crippen LogP contribution in [-0.2, 0) is 6.42 Å². The van der Waals surface area contributed by atoms with Gasteiger partial charge in [0, 0.05) is 44.1 Å². The molecule has 1 heterocycles. The van der Waals surface area contributed by atoms with Crippen LogP contribution in [0, 0.1) is 0 Å². The van der Waals surface area contributed by atoms with Gasteiger partial charge in [-0.2, -0.15) is 0 Å². The number of nitrogens with two attached hydrogens (primary N) is 1. The molecule has 3 rings (SSSR count). The summed E-state index contributed by atoms with van der Waals surface area (Å²) in [7, 11) is 0. The van der Waals surface area contributed by atoms with Crippen LogP contribution < -0.4 is 10.6 Å². The van der Waals surface area contributed by atoms with Gasteiger partial charge >= 0.3 is 0 Å². The highest BCUT2D eigenvalue weighted by Crippen LogP contribution is 2.19. The molecule has 2 N–H and O–H groups in total. The van der Waals surface area contributed by atoms with Crippen molar-refractivity contribution >= 4 is 11.4 Å². The van der Waals surface area contributed by atoms with E-state index in [1.165, 1.54) is 11.3 Å². The van der Waals surface area contributed by atoms with Gasteiger partial charge in [-0.3, -0.25) is 4.90 Å². The zero-order chi connectivity index (χ0) is 14.5. The van der Waals surface area contributed by atoms with E-state index in [0.29, 0.717) is 0 Å². The molecule has 0 radical (unpaired) electrons. The number of rotatable bonds is 4. The van der Waals surface area contributed by atoms with Gasteiger partial charge in [-0.1, -0.05) is 36.4 Å². The first-order chi connectivity index (χ1) is 10.3. The second-order valence-corrected chi connectivity index (χ2v) is 5.66. The van der Waals surface area contributed by atoms with Crippen LogP contribution in [0.3, 0.4) is 0 Å². The minimum Gasteiger partial charge on any atom is -0.399 e. The van der Waals surface area contributed by atoms with Crippen molar-refractivity contribution in [2.24, 2.45) is 0 Å². The second-order valence-electron chi connectivity index (χ2n) is 5.66. The monoisotopic (exact) mass is 281 g/mol. The molecule has 1 aliphatic heterocycles. The van der Waals surface area contributed by atoms with Crippen LogP contribution >= 0.6 is 0 Å². The van der Waals surface area contributed by atoms with Crippen LogP contribution in [0.1, 0.15) is 5.56 Å². The molecule has 1 aliphatic rings. The minimum atomic E-state index is 0.846. The van der Waals surface area contributed by atoms with Gasteiger partial charge in [0.2, 0.25) is 0 Å². The zero-order valence-electron chi connectivity index (χ0n) is 12.4. The Kier molecular flexibility index (Phi) is 4.41. The summed E-state index contributed by atoms with van der Waals surface area (Å²) < 4.78 is 0. The van der Waals surface area contributed by atoms with Gasteiger partial charge < -0.3 is 10.6 Å². The van der Waals surface area contributed by atoms with Crippen molar-refractivity contribution in [2.75, 3.05) is 43.4 Å². The lowest BCUT2D eigenvalue weighted by Crippen LogP contribution is -2.47. The van der Waals surface area contributed by atoms with Gasteiger partial charge in [0.25, 0.3) is 0 Å². The molecule has 0 amide bonds. The molecule has 3 nitrogen and oxygen atoms in total. The summed E-state index contributed by atoms with van der Waals surface area (Å²) in [5.41, 5.74) is 9.39. The van der Waals surface area contributed by atoms with Crippen LogP contribution in [0.15, 0.2) is 54.6 Å². The molecule has 21 heavy (non-hydrogen) atoms. The largest absolute Gasteiger partial charge is 0.399 e. The van der Waals surface area contributed by atoms with E-state index in [2.05, 4.69) is 52.3 Å². The van der Waals surface area contributed by atoms with Crippen molar-refractivity contribution in [3.05, 3.63) is 60.2 Å². The lowest BCUT2D eigenvalue weighted by Gasteiger charge is -2.36. The van der Waals surface area contributed by atoms with Gasteiger partial charge in [0.05, 0.1) is 0 Å². The summed E-state index contributed by atoms with van der Waals surface area (Å²) in [6.07, 6.45) is 1.14. The van der Waals surface area contributed by atoms with Gasteiger partial charge in [0.1, 0.15) is 0 Å². The number of hydrogen-bond acceptors (Lipinski definition) is 3. The van der Waals surface area contributed by atoms with Crippen molar-refractivity contribution in [2.45, 2.75) is 6.42 Å². The van der Waals surface area contributed by atoms with E-state index >= 15 is 0 Å². The first-order valence-corrected chi connectivity index (χ1v) is 7.68. The van der Waals surface area contributed by atoms with Crippen LogP contribution in [0.2, 0.25) is 0 Å². The Morgan fingerprint density at radius 3 is 2.33 bits per heavy atom. The minimum absolute atomic E-state index is 0.846. The molecule has 1 fully saturated rings. The van der Waals surface area contributed by atoms with E-state index in [1.54, 1.807) is 0 Å². The molecule has 3 heteroatoms. The third-order valence-electron chi connectivity index (χ3n) is 4.17. The number of anilines is 2. The Bertz CT molecular complexity index is 560. The average Bonchev–Trinajstić information content (AvgIpc) is 2.54. The molecule has 110 valence electrons. The maximum absolute atomic E-state index is 5.87. The van der Waals surface area contributed by atoms with Crippen molar-refractivity contribution < 1.29 is 0 Å². The summed E-state index contributed by atoms with van der Waals surface area (Å²) in [4.78, 5) is 4.98. The SMILES string of the molecule is Nc1cccc(N2CCN(CCc3ccccc3)CC2)c1. The highest BCUT2D eigenvalue weighted by molar-refractivity contribution is 5.56. The van der Waals surface area contributed by atoms with Crippen molar-refractivity contribution in [3.63, 3.8) is 0 Å². The highest BCUT2D eigenvalue weighted by Gasteiger charge is 2.16. The van der Waals surface area contributed by atoms with Crippen molar-refractivity contribution in [1.29, 1.82) is 0 Å². The summed E-state index contributed by atoms with van der Waals surface area (Å²) in [5, 5.41) is 0. The smallest absolute Gasteiger partial charge is 0.0387 e. The molecule has 0 saturated carbocycles. The number of piperazine rings is 1. The van der Waals surface area contributed by atoms with Crippen LogP contribution in [-0.4, -0.2) is 37.6 Å². The van der Waals surface area contributed by atoms with E-state index in [0.717, 1.165) is 44.8 Å². The second kappa shape index (κ2) is 6.64. The third-order valence-corrected chi connectivity index (χ3v) is 4.17. The molecule has 0 bridgehead atoms. The number of benzene rings is 2. The normalized spacial score (nSPS) is 16.1. The van der Waals surface area contributed by atoms with Gasteiger partial charge in [0.15, 0.2) is 0 Å². The molecule has 0 aliphatic carbocycles. The van der Waals surface area contributed by atoms with Gasteiger partial charge in [-0.25, -0.2) is 0 Å². The van der Waals surface area contributed by atoms with Crippen molar-refractivity contribution in [1.82, 2.24) is 4.90 Å². The first-order valence-electron chi connectivity index (χ1n) is 7.68. The standard InChI is InChI=1S/C18H23N3/c19-17-7-4-8-18(15-17)21-13-11-20(12-14-21)10-9-16-5-2-1-3-6-16/h1-8,15H,9-14,19H2. The van der Waals surface area contributed by atoms with Gasteiger partial charge in [-0.15, -0.1) is 0 Å². The fourth-order valence-corrected chi connectivity index (χ4v) is 2.88. The Morgan fingerprint density at radius 1 is 0.857 bits per heavy atom. The van der Waals surface area contributed by atoms with E-state index < -0.39 is 0 Å². The van der Waals surface area contributed by atoms with E-state index in [4.69, 9.17) is 5.73 Å².